The van der Waals surface area contributed by atoms with E-state index in [2.05, 4.69) is 10.0 Å². The molecule has 0 saturated carbocycles. The van der Waals surface area contributed by atoms with Crippen LogP contribution in [0.25, 0.3) is 10.4 Å². The summed E-state index contributed by atoms with van der Waals surface area (Å²) in [6.07, 6.45) is -5.92. The highest BCUT2D eigenvalue weighted by Gasteiger charge is 2.55. The second kappa shape index (κ2) is 10.4. The lowest BCUT2D eigenvalue weighted by Crippen LogP contribution is -2.60. The number of carbonyl (C=O) groups excluding carboxylic acids is 1. The van der Waals surface area contributed by atoms with Crippen molar-refractivity contribution >= 4 is 5.97 Å². The van der Waals surface area contributed by atoms with Gasteiger partial charge in [0, 0.05) is 17.8 Å². The molecule has 11 nitrogen and oxygen atoms in total. The molecule has 11 heteroatoms. The zero-order chi connectivity index (χ0) is 23.5. The molecule has 1 aromatic rings. The van der Waals surface area contributed by atoms with Crippen LogP contribution in [0, 0.1) is 5.92 Å². The molecule has 3 saturated heterocycles. The van der Waals surface area contributed by atoms with Crippen molar-refractivity contribution in [2.24, 2.45) is 11.0 Å². The van der Waals surface area contributed by atoms with Crippen molar-refractivity contribution in [2.75, 3.05) is 6.61 Å². The monoisotopic (exact) mass is 463 g/mol. The highest BCUT2D eigenvalue weighted by Crippen LogP contribution is 2.37. The van der Waals surface area contributed by atoms with Crippen molar-refractivity contribution < 1.29 is 38.3 Å². The summed E-state index contributed by atoms with van der Waals surface area (Å²) in [4.78, 5) is 14.7. The maximum absolute atomic E-state index is 11.8. The van der Waals surface area contributed by atoms with Gasteiger partial charge in [-0.3, -0.25) is 4.79 Å². The molecule has 1 N–H and O–H groups in total. The number of benzene rings is 1. The largest absolute Gasteiger partial charge is 0.459 e. The zero-order valence-electron chi connectivity index (χ0n) is 18.7. The first-order chi connectivity index (χ1) is 15.9. The molecule has 3 aliphatic heterocycles. The smallest absolute Gasteiger partial charge is 0.303 e. The lowest BCUT2D eigenvalue weighted by atomic mass is 9.90. The van der Waals surface area contributed by atoms with Crippen LogP contribution in [0.5, 0.6) is 0 Å². The van der Waals surface area contributed by atoms with Crippen molar-refractivity contribution in [3.8, 4) is 0 Å². The SMILES string of the molecule is CC(=O)O[C@H]1C(N=[N+]=[N-])[C@@H]2OCC(O2)[C@H]1O[C@@H]1OC(C)[C@@H](O)[C@H](C)C1OCc1ccccc1. The predicted octanol–water partition coefficient (Wildman–Crippen LogP) is 2.06. The molecule has 2 bridgehead atoms. The molecule has 0 aliphatic carbocycles. The van der Waals surface area contributed by atoms with Gasteiger partial charge in [0.2, 0.25) is 0 Å². The summed E-state index contributed by atoms with van der Waals surface area (Å²) in [5.74, 6) is -0.855. The predicted molar refractivity (Wildman–Crippen MR) is 112 cm³/mol. The Morgan fingerprint density at radius 3 is 2.67 bits per heavy atom. The molecule has 33 heavy (non-hydrogen) atoms. The molecule has 180 valence electrons. The van der Waals surface area contributed by atoms with Crippen LogP contribution in [-0.2, 0) is 39.8 Å². The second-order valence-electron chi connectivity index (χ2n) is 8.57. The number of fused-ring (bicyclic) bond motifs is 2. The normalized spacial score (nSPS) is 40.1. The Morgan fingerprint density at radius 2 is 1.97 bits per heavy atom. The maximum Gasteiger partial charge on any atom is 0.303 e. The molecule has 1 aromatic carbocycles. The van der Waals surface area contributed by atoms with Crippen molar-refractivity contribution in [1.29, 1.82) is 0 Å². The molecule has 0 spiro atoms. The molecule has 0 amide bonds. The third-order valence-electron chi connectivity index (χ3n) is 6.26. The molecule has 3 fully saturated rings. The average Bonchev–Trinajstić information content (AvgIpc) is 3.23. The fourth-order valence-corrected chi connectivity index (χ4v) is 4.53. The van der Waals surface area contributed by atoms with E-state index in [4.69, 9.17) is 34.0 Å². The third kappa shape index (κ3) is 5.15. The van der Waals surface area contributed by atoms with Crippen LogP contribution in [0.3, 0.4) is 0 Å². The third-order valence-corrected chi connectivity index (χ3v) is 6.26. The minimum atomic E-state index is -0.930. The number of esters is 1. The zero-order valence-corrected chi connectivity index (χ0v) is 18.7. The molecule has 10 atom stereocenters. The first-order valence-corrected chi connectivity index (χ1v) is 11.0. The van der Waals surface area contributed by atoms with Gasteiger partial charge in [-0.05, 0) is 18.0 Å². The quantitative estimate of drug-likeness (QED) is 0.280. The van der Waals surface area contributed by atoms with Gasteiger partial charge in [-0.15, -0.1) is 0 Å². The number of azide groups is 1. The summed E-state index contributed by atoms with van der Waals surface area (Å²) in [6, 6.07) is 8.71. The molecular weight excluding hydrogens is 434 g/mol. The standard InChI is InChI=1S/C22H29N3O8/c1-11-17(27)12(2)30-22(18(11)28-9-14-7-5-4-6-8-14)33-19-15-10-29-21(32-15)16(24-25-23)20(19)31-13(3)26/h4-8,11-12,15-22,27H,9-10H2,1-3H3/t11-,12?,15?,16?,17-,18?,19+,20-,21+,22-/m0/s1. The van der Waals surface area contributed by atoms with Crippen molar-refractivity contribution in [3.63, 3.8) is 0 Å². The van der Waals surface area contributed by atoms with E-state index in [-0.39, 0.29) is 12.5 Å². The summed E-state index contributed by atoms with van der Waals surface area (Å²) in [5.41, 5.74) is 9.98. The Bertz CT molecular complexity index is 866. The summed E-state index contributed by atoms with van der Waals surface area (Å²) >= 11 is 0. The van der Waals surface area contributed by atoms with Gasteiger partial charge < -0.3 is 33.5 Å². The van der Waals surface area contributed by atoms with Crippen LogP contribution >= 0.6 is 0 Å². The van der Waals surface area contributed by atoms with E-state index in [1.165, 1.54) is 6.92 Å². The van der Waals surface area contributed by atoms with Crippen LogP contribution in [0.4, 0.5) is 0 Å². The molecular formula is C22H29N3O8. The number of hydrogen-bond acceptors (Lipinski definition) is 9. The number of rotatable bonds is 7. The molecule has 0 aromatic heterocycles. The van der Waals surface area contributed by atoms with Crippen LogP contribution in [0.2, 0.25) is 0 Å². The Morgan fingerprint density at radius 1 is 1.21 bits per heavy atom. The van der Waals surface area contributed by atoms with Gasteiger partial charge in [-0.1, -0.05) is 42.4 Å². The summed E-state index contributed by atoms with van der Waals surface area (Å²) in [7, 11) is 0. The Kier molecular flexibility index (Phi) is 7.50. The lowest BCUT2D eigenvalue weighted by molar-refractivity contribution is -0.325. The van der Waals surface area contributed by atoms with Crippen molar-refractivity contribution in [1.82, 2.24) is 0 Å². The van der Waals surface area contributed by atoms with Crippen molar-refractivity contribution in [3.05, 3.63) is 46.3 Å². The second-order valence-corrected chi connectivity index (χ2v) is 8.57. The molecule has 4 unspecified atom stereocenters. The molecule has 0 radical (unpaired) electrons. The number of aliphatic hydroxyl groups is 1. The van der Waals surface area contributed by atoms with Crippen molar-refractivity contribution in [2.45, 2.75) is 82.6 Å². The van der Waals surface area contributed by atoms with Gasteiger partial charge in [0.15, 0.2) is 12.6 Å². The van der Waals surface area contributed by atoms with E-state index in [0.717, 1.165) is 5.56 Å². The van der Waals surface area contributed by atoms with Gasteiger partial charge in [0.25, 0.3) is 0 Å². The number of nitrogens with zero attached hydrogens (tertiary/aromatic N) is 3. The summed E-state index contributed by atoms with van der Waals surface area (Å²) in [5, 5.41) is 14.3. The van der Waals surface area contributed by atoms with Crippen LogP contribution < -0.4 is 0 Å². The van der Waals surface area contributed by atoms with Gasteiger partial charge in [-0.2, -0.15) is 0 Å². The lowest BCUT2D eigenvalue weighted by Gasteiger charge is -2.46. The summed E-state index contributed by atoms with van der Waals surface area (Å²) in [6.45, 7) is 5.37. The number of aliphatic hydroxyl groups excluding tert-OH is 1. The van der Waals surface area contributed by atoms with E-state index in [0.29, 0.717) is 6.61 Å². The van der Waals surface area contributed by atoms with Gasteiger partial charge in [-0.25, -0.2) is 0 Å². The first-order valence-electron chi connectivity index (χ1n) is 11.0. The molecule has 4 rings (SSSR count). The van der Waals surface area contributed by atoms with Gasteiger partial charge in [0.05, 0.1) is 25.4 Å². The van der Waals surface area contributed by atoms with Gasteiger partial charge >= 0.3 is 5.97 Å². The topological polar surface area (TPSA) is 141 Å². The molecule has 3 heterocycles. The average molecular weight is 463 g/mol. The van der Waals surface area contributed by atoms with Crippen LogP contribution in [0.1, 0.15) is 26.3 Å². The fourth-order valence-electron chi connectivity index (χ4n) is 4.53. The Labute approximate surface area is 191 Å². The minimum absolute atomic E-state index is 0.181. The number of carbonyl (C=O) groups is 1. The van der Waals surface area contributed by atoms with E-state index < -0.39 is 61.2 Å². The van der Waals surface area contributed by atoms with E-state index in [1.807, 2.05) is 37.3 Å². The minimum Gasteiger partial charge on any atom is -0.459 e. The number of hydrogen-bond donors (Lipinski definition) is 1. The molecule has 3 aliphatic rings. The summed E-state index contributed by atoms with van der Waals surface area (Å²) < 4.78 is 35.4. The van der Waals surface area contributed by atoms with E-state index in [1.54, 1.807) is 6.92 Å². The fraction of sp³-hybridized carbons (Fsp3) is 0.682. The highest BCUT2D eigenvalue weighted by molar-refractivity contribution is 5.66. The van der Waals surface area contributed by atoms with Crippen LogP contribution in [0.15, 0.2) is 35.4 Å². The maximum atomic E-state index is 11.8. The van der Waals surface area contributed by atoms with E-state index in [9.17, 15) is 9.90 Å². The Balaban J connectivity index is 1.57. The highest BCUT2D eigenvalue weighted by atomic mass is 16.8. The Hall–Kier alpha value is -2.24. The van der Waals surface area contributed by atoms with E-state index >= 15 is 0 Å². The first kappa shape index (κ1) is 23.9. The number of ether oxygens (including phenoxy) is 6. The van der Waals surface area contributed by atoms with Crippen LogP contribution in [-0.4, -0.2) is 72.9 Å². The van der Waals surface area contributed by atoms with Gasteiger partial charge in [0.1, 0.15) is 30.5 Å².